The summed E-state index contributed by atoms with van der Waals surface area (Å²) < 4.78 is 36.2. The topological polar surface area (TPSA) is 69.7 Å². The maximum atomic E-state index is 15.3. The van der Waals surface area contributed by atoms with Crippen LogP contribution < -0.4 is 15.0 Å². The summed E-state index contributed by atoms with van der Waals surface area (Å²) in [4.78, 5) is 20.6. The van der Waals surface area contributed by atoms with Gasteiger partial charge >= 0.3 is 0 Å². The third kappa shape index (κ3) is 6.60. The fourth-order valence-electron chi connectivity index (χ4n) is 6.29. The molecule has 1 aliphatic carbocycles. The lowest BCUT2D eigenvalue weighted by Gasteiger charge is -2.38. The van der Waals surface area contributed by atoms with Gasteiger partial charge in [-0.2, -0.15) is 0 Å². The monoisotopic (exact) mass is 591 g/mol. The number of hydrogen-bond donors (Lipinski definition) is 1. The number of aromatic nitrogens is 3. The predicted octanol–water partition coefficient (Wildman–Crippen LogP) is 6.17. The smallest absolute Gasteiger partial charge is 0.229 e. The van der Waals surface area contributed by atoms with E-state index in [0.29, 0.717) is 35.4 Å². The van der Waals surface area contributed by atoms with Crippen molar-refractivity contribution in [1.29, 1.82) is 0 Å². The molecule has 8 nitrogen and oxygen atoms in total. The molecule has 1 aromatic carbocycles. The van der Waals surface area contributed by atoms with E-state index in [1.54, 1.807) is 6.07 Å². The Kier molecular flexibility index (Phi) is 8.51. The minimum absolute atomic E-state index is 0.0293. The molecule has 1 saturated heterocycles. The standard InChI is InChI=1S/C33H43F2N7O/c1-20(2)42-19-21(3)43-32-26(34)16-24(17-28(32)42)31-27(35)18-36-33(39-31)38-29-9-8-25(30(37-29)23-6-7-23)22-10-12-41(13-11-22)15-14-40(4)5/h8-9,16-18,20-23H,6-7,10-15,19H2,1-5H3,(H,36,37,38,39). The van der Waals surface area contributed by atoms with E-state index in [2.05, 4.69) is 50.1 Å². The highest BCUT2D eigenvalue weighted by Gasteiger charge is 2.32. The van der Waals surface area contributed by atoms with Gasteiger partial charge in [-0.3, -0.25) is 0 Å². The fourth-order valence-corrected chi connectivity index (χ4v) is 6.29. The fraction of sp³-hybridized carbons (Fsp3) is 0.545. The molecule has 3 aromatic rings. The van der Waals surface area contributed by atoms with E-state index >= 15 is 8.78 Å². The lowest BCUT2D eigenvalue weighted by atomic mass is 9.87. The van der Waals surface area contributed by atoms with Crippen LogP contribution in [0.25, 0.3) is 11.3 Å². The third-order valence-electron chi connectivity index (χ3n) is 8.80. The van der Waals surface area contributed by atoms with E-state index in [4.69, 9.17) is 9.72 Å². The van der Waals surface area contributed by atoms with Crippen LogP contribution in [0.15, 0.2) is 30.5 Å². The van der Waals surface area contributed by atoms with Crippen LogP contribution >= 0.6 is 0 Å². The number of hydrogen-bond acceptors (Lipinski definition) is 8. The summed E-state index contributed by atoms with van der Waals surface area (Å²) in [5.41, 5.74) is 3.49. The van der Waals surface area contributed by atoms with E-state index in [1.165, 1.54) is 17.3 Å². The summed E-state index contributed by atoms with van der Waals surface area (Å²) in [5, 5.41) is 3.20. The molecule has 0 bridgehead atoms. The molecule has 3 aliphatic rings. The molecule has 0 spiro atoms. The zero-order valence-corrected chi connectivity index (χ0v) is 25.9. The van der Waals surface area contributed by atoms with Crippen molar-refractivity contribution in [1.82, 2.24) is 24.8 Å². The van der Waals surface area contributed by atoms with Gasteiger partial charge in [-0.15, -0.1) is 0 Å². The molecule has 1 saturated carbocycles. The number of likely N-dealkylation sites (N-methyl/N-ethyl adjacent to an activating group) is 1. The van der Waals surface area contributed by atoms with Gasteiger partial charge in [-0.05, 0) is 103 Å². The maximum Gasteiger partial charge on any atom is 0.229 e. The van der Waals surface area contributed by atoms with Gasteiger partial charge in [-0.25, -0.2) is 23.7 Å². The molecule has 10 heteroatoms. The number of pyridine rings is 1. The van der Waals surface area contributed by atoms with Crippen molar-refractivity contribution in [3.05, 3.63) is 53.4 Å². The van der Waals surface area contributed by atoms with Gasteiger partial charge in [0.2, 0.25) is 5.95 Å². The van der Waals surface area contributed by atoms with Crippen molar-refractivity contribution in [2.24, 2.45) is 0 Å². The zero-order valence-electron chi connectivity index (χ0n) is 25.9. The molecule has 2 aromatic heterocycles. The Labute approximate surface area is 253 Å². The first-order valence-corrected chi connectivity index (χ1v) is 15.6. The molecule has 0 radical (unpaired) electrons. The van der Waals surface area contributed by atoms with E-state index in [1.807, 2.05) is 26.8 Å². The Morgan fingerprint density at radius 2 is 1.79 bits per heavy atom. The van der Waals surface area contributed by atoms with Crippen molar-refractivity contribution >= 4 is 17.5 Å². The van der Waals surface area contributed by atoms with Gasteiger partial charge in [0.25, 0.3) is 0 Å². The molecule has 4 heterocycles. The number of nitrogens with one attached hydrogen (secondary N) is 1. The molecule has 1 unspecified atom stereocenters. The summed E-state index contributed by atoms with van der Waals surface area (Å²) in [5.74, 6) is 0.892. The number of nitrogens with zero attached hydrogens (tertiary/aromatic N) is 6. The van der Waals surface area contributed by atoms with Gasteiger partial charge in [0.1, 0.15) is 17.6 Å². The van der Waals surface area contributed by atoms with Crippen LogP contribution in [-0.4, -0.2) is 83.7 Å². The molecule has 1 N–H and O–H groups in total. The number of benzene rings is 1. The molecule has 43 heavy (non-hydrogen) atoms. The van der Waals surface area contributed by atoms with Crippen LogP contribution in [0, 0.1) is 11.6 Å². The Balaban J connectivity index is 1.22. The van der Waals surface area contributed by atoms with Gasteiger partial charge in [-0.1, -0.05) is 6.07 Å². The van der Waals surface area contributed by atoms with Gasteiger partial charge in [0.05, 0.1) is 18.4 Å². The average molecular weight is 592 g/mol. The zero-order chi connectivity index (χ0) is 30.2. The van der Waals surface area contributed by atoms with E-state index < -0.39 is 11.6 Å². The first-order valence-electron chi connectivity index (χ1n) is 15.6. The SMILES string of the molecule is CC1CN(C(C)C)c2cc(-c3nc(Nc4ccc(C5CCN(CCN(C)C)CC5)c(C5CC5)n4)ncc3F)cc(F)c2O1. The van der Waals surface area contributed by atoms with E-state index in [0.717, 1.165) is 58.1 Å². The number of anilines is 3. The van der Waals surface area contributed by atoms with Crippen LogP contribution in [-0.2, 0) is 0 Å². The summed E-state index contributed by atoms with van der Waals surface area (Å²) in [7, 11) is 4.25. The number of piperidine rings is 1. The highest BCUT2D eigenvalue weighted by molar-refractivity contribution is 5.73. The van der Waals surface area contributed by atoms with Crippen molar-refractivity contribution in [2.75, 3.05) is 57.0 Å². The lowest BCUT2D eigenvalue weighted by molar-refractivity contribution is 0.193. The molecule has 6 rings (SSSR count). The molecule has 0 amide bonds. The number of ether oxygens (including phenoxy) is 1. The molecule has 2 aliphatic heterocycles. The summed E-state index contributed by atoms with van der Waals surface area (Å²) in [6.45, 7) is 11.0. The van der Waals surface area contributed by atoms with Crippen LogP contribution in [0.4, 0.5) is 26.2 Å². The molecular weight excluding hydrogens is 548 g/mol. The second kappa shape index (κ2) is 12.3. The first kappa shape index (κ1) is 29.7. The van der Waals surface area contributed by atoms with Gasteiger partial charge in [0.15, 0.2) is 17.4 Å². The second-order valence-electron chi connectivity index (χ2n) is 12.9. The summed E-state index contributed by atoms with van der Waals surface area (Å²) >= 11 is 0. The molecule has 230 valence electrons. The lowest BCUT2D eigenvalue weighted by Crippen LogP contribution is -2.42. The Hall–Kier alpha value is -3.37. The maximum absolute atomic E-state index is 15.3. The Morgan fingerprint density at radius 1 is 1.02 bits per heavy atom. The van der Waals surface area contributed by atoms with Crippen LogP contribution in [0.3, 0.4) is 0 Å². The molecular formula is C33H43F2N7O. The Morgan fingerprint density at radius 3 is 2.49 bits per heavy atom. The van der Waals surface area contributed by atoms with E-state index in [9.17, 15) is 0 Å². The van der Waals surface area contributed by atoms with E-state index in [-0.39, 0.29) is 29.5 Å². The largest absolute Gasteiger partial charge is 0.484 e. The van der Waals surface area contributed by atoms with Gasteiger partial charge in [0, 0.05) is 36.3 Å². The average Bonchev–Trinajstić information content (AvgIpc) is 3.83. The summed E-state index contributed by atoms with van der Waals surface area (Å²) in [6.07, 6.45) is 5.57. The minimum Gasteiger partial charge on any atom is -0.484 e. The minimum atomic E-state index is -0.620. The van der Waals surface area contributed by atoms with Crippen LogP contribution in [0.2, 0.25) is 0 Å². The third-order valence-corrected chi connectivity index (χ3v) is 8.80. The molecule has 2 fully saturated rings. The number of fused-ring (bicyclic) bond motifs is 1. The van der Waals surface area contributed by atoms with Crippen molar-refractivity contribution in [3.63, 3.8) is 0 Å². The number of likely N-dealkylation sites (tertiary alicyclic amines) is 1. The normalized spacial score (nSPS) is 19.6. The molecule has 1 atom stereocenters. The van der Waals surface area contributed by atoms with Crippen LogP contribution in [0.5, 0.6) is 5.75 Å². The quantitative estimate of drug-likeness (QED) is 0.317. The first-order chi connectivity index (χ1) is 20.7. The number of halogens is 2. The predicted molar refractivity (Wildman–Crippen MR) is 166 cm³/mol. The van der Waals surface area contributed by atoms with Crippen molar-refractivity contribution < 1.29 is 13.5 Å². The Bertz CT molecular complexity index is 1450. The van der Waals surface area contributed by atoms with Crippen LogP contribution in [0.1, 0.15) is 69.5 Å². The van der Waals surface area contributed by atoms with Gasteiger partial charge < -0.3 is 24.8 Å². The highest BCUT2D eigenvalue weighted by atomic mass is 19.1. The van der Waals surface area contributed by atoms with Crippen molar-refractivity contribution in [3.8, 4) is 17.0 Å². The summed E-state index contributed by atoms with van der Waals surface area (Å²) in [6, 6.07) is 7.34. The van der Waals surface area contributed by atoms with Crippen molar-refractivity contribution in [2.45, 2.75) is 70.4 Å². The second-order valence-corrected chi connectivity index (χ2v) is 12.9. The highest BCUT2D eigenvalue weighted by Crippen LogP contribution is 2.45. The number of rotatable bonds is 9.